The van der Waals surface area contributed by atoms with Crippen LogP contribution in [0.2, 0.25) is 0 Å². The lowest BCUT2D eigenvalue weighted by Gasteiger charge is -2.19. The second-order valence-corrected chi connectivity index (χ2v) is 4.60. The molecule has 0 atom stereocenters. The Bertz CT molecular complexity index is 563. The smallest absolute Gasteiger partial charge is 0.190 e. The Labute approximate surface area is 101 Å². The summed E-state index contributed by atoms with van der Waals surface area (Å²) >= 11 is 0. The van der Waals surface area contributed by atoms with Gasteiger partial charge in [0.1, 0.15) is 0 Å². The van der Waals surface area contributed by atoms with Gasteiger partial charge in [-0.1, -0.05) is 6.92 Å². The summed E-state index contributed by atoms with van der Waals surface area (Å²) in [4.78, 5) is 24.4. The van der Waals surface area contributed by atoms with Crippen molar-refractivity contribution in [2.24, 2.45) is 0 Å². The fourth-order valence-corrected chi connectivity index (χ4v) is 2.29. The Hall–Kier alpha value is -1.70. The summed E-state index contributed by atoms with van der Waals surface area (Å²) in [5.41, 5.74) is 4.50. The van der Waals surface area contributed by atoms with Gasteiger partial charge in [-0.3, -0.25) is 9.59 Å². The molecule has 88 valence electrons. The van der Waals surface area contributed by atoms with Crippen LogP contribution in [-0.4, -0.2) is 11.6 Å². The first-order chi connectivity index (χ1) is 7.97. The number of ketones is 2. The number of rotatable bonds is 1. The third kappa shape index (κ3) is 1.64. The summed E-state index contributed by atoms with van der Waals surface area (Å²) in [6.45, 7) is 7.58. The number of hydrogen-bond donors (Lipinski definition) is 0. The lowest BCUT2D eigenvalue weighted by atomic mass is 9.82. The maximum Gasteiger partial charge on any atom is 0.190 e. The highest BCUT2D eigenvalue weighted by atomic mass is 16.1. The molecular formula is C15H16O2. The molecule has 0 radical (unpaired) electrons. The van der Waals surface area contributed by atoms with E-state index in [0.29, 0.717) is 28.7 Å². The van der Waals surface area contributed by atoms with Crippen molar-refractivity contribution in [1.82, 2.24) is 0 Å². The minimum absolute atomic E-state index is 0.000417. The Morgan fingerprint density at radius 2 is 1.35 bits per heavy atom. The van der Waals surface area contributed by atoms with Crippen molar-refractivity contribution in [2.45, 2.75) is 34.1 Å². The third-order valence-corrected chi connectivity index (χ3v) is 3.54. The minimum Gasteiger partial charge on any atom is -0.289 e. The van der Waals surface area contributed by atoms with Gasteiger partial charge in [-0.15, -0.1) is 0 Å². The van der Waals surface area contributed by atoms with E-state index >= 15 is 0 Å². The molecule has 1 aliphatic rings. The average molecular weight is 228 g/mol. The van der Waals surface area contributed by atoms with Gasteiger partial charge in [-0.05, 0) is 50.5 Å². The first-order valence-electron chi connectivity index (χ1n) is 5.87. The van der Waals surface area contributed by atoms with E-state index in [1.54, 1.807) is 6.92 Å². The van der Waals surface area contributed by atoms with Crippen LogP contribution < -0.4 is 0 Å². The van der Waals surface area contributed by atoms with Crippen LogP contribution >= 0.6 is 0 Å². The molecule has 17 heavy (non-hydrogen) atoms. The van der Waals surface area contributed by atoms with Gasteiger partial charge in [0, 0.05) is 22.3 Å². The van der Waals surface area contributed by atoms with Crippen molar-refractivity contribution >= 4 is 11.6 Å². The number of fused-ring (bicyclic) bond motifs is 1. The van der Waals surface area contributed by atoms with Crippen molar-refractivity contribution in [3.8, 4) is 0 Å². The van der Waals surface area contributed by atoms with Crippen molar-refractivity contribution in [2.75, 3.05) is 0 Å². The van der Waals surface area contributed by atoms with Gasteiger partial charge in [0.2, 0.25) is 0 Å². The Morgan fingerprint density at radius 1 is 0.882 bits per heavy atom. The summed E-state index contributed by atoms with van der Waals surface area (Å²) < 4.78 is 0. The number of aryl methyl sites for hydroxylation is 2. The minimum atomic E-state index is -0.000417. The summed E-state index contributed by atoms with van der Waals surface area (Å²) in [7, 11) is 0. The molecule has 0 N–H and O–H groups in total. The zero-order valence-corrected chi connectivity index (χ0v) is 10.7. The first kappa shape index (κ1) is 11.8. The zero-order valence-electron chi connectivity index (χ0n) is 10.7. The molecule has 0 saturated carbocycles. The number of carbonyl (C=O) groups excluding carboxylic acids is 2. The van der Waals surface area contributed by atoms with E-state index in [1.165, 1.54) is 0 Å². The number of Topliss-reactive ketones (excluding diaryl/α,β-unsaturated/α-hetero) is 2. The predicted molar refractivity (Wildman–Crippen MR) is 67.6 cm³/mol. The van der Waals surface area contributed by atoms with Crippen molar-refractivity contribution < 1.29 is 9.59 Å². The summed E-state index contributed by atoms with van der Waals surface area (Å²) in [5.74, 6) is 0.0160. The van der Waals surface area contributed by atoms with E-state index in [1.807, 2.05) is 32.9 Å². The second-order valence-electron chi connectivity index (χ2n) is 4.60. The highest BCUT2D eigenvalue weighted by molar-refractivity contribution is 6.26. The molecule has 0 amide bonds. The van der Waals surface area contributed by atoms with Crippen molar-refractivity contribution in [3.63, 3.8) is 0 Å². The maximum absolute atomic E-state index is 12.3. The quantitative estimate of drug-likeness (QED) is 0.738. The fourth-order valence-electron chi connectivity index (χ4n) is 2.29. The third-order valence-electron chi connectivity index (χ3n) is 3.54. The Balaban J connectivity index is 2.73. The molecule has 0 bridgehead atoms. The maximum atomic E-state index is 12.3. The first-order valence-corrected chi connectivity index (χ1v) is 5.87. The second kappa shape index (κ2) is 3.95. The van der Waals surface area contributed by atoms with E-state index in [-0.39, 0.29) is 11.6 Å². The molecule has 0 spiro atoms. The fraction of sp³-hybridized carbons (Fsp3) is 0.333. The predicted octanol–water partition coefficient (Wildman–Crippen LogP) is 3.41. The lowest BCUT2D eigenvalue weighted by Crippen LogP contribution is -2.21. The number of hydrogen-bond acceptors (Lipinski definition) is 2. The molecule has 0 saturated heterocycles. The largest absolute Gasteiger partial charge is 0.289 e. The monoisotopic (exact) mass is 228 g/mol. The van der Waals surface area contributed by atoms with E-state index in [2.05, 4.69) is 0 Å². The van der Waals surface area contributed by atoms with Gasteiger partial charge >= 0.3 is 0 Å². The van der Waals surface area contributed by atoms with E-state index in [4.69, 9.17) is 0 Å². The molecule has 1 aliphatic carbocycles. The van der Waals surface area contributed by atoms with Crippen LogP contribution in [-0.2, 0) is 0 Å². The van der Waals surface area contributed by atoms with Crippen LogP contribution in [0.4, 0.5) is 0 Å². The molecule has 0 aliphatic heterocycles. The van der Waals surface area contributed by atoms with Crippen LogP contribution in [0, 0.1) is 13.8 Å². The Morgan fingerprint density at radius 3 is 1.82 bits per heavy atom. The van der Waals surface area contributed by atoms with Gasteiger partial charge in [0.15, 0.2) is 11.6 Å². The topological polar surface area (TPSA) is 34.1 Å². The standard InChI is InChI=1S/C15H16O2/c1-5-11-10(4)14(16)12-6-8(2)9(3)7-13(12)15(11)17/h6-7H,5H2,1-4H3. The highest BCUT2D eigenvalue weighted by Gasteiger charge is 2.29. The summed E-state index contributed by atoms with van der Waals surface area (Å²) in [6.07, 6.45) is 0.614. The van der Waals surface area contributed by atoms with Crippen LogP contribution in [0.5, 0.6) is 0 Å². The molecule has 2 nitrogen and oxygen atoms in total. The summed E-state index contributed by atoms with van der Waals surface area (Å²) in [5, 5.41) is 0. The Kier molecular flexibility index (Phi) is 2.74. The highest BCUT2D eigenvalue weighted by Crippen LogP contribution is 2.29. The average Bonchev–Trinajstić information content (AvgIpc) is 2.30. The van der Waals surface area contributed by atoms with Gasteiger partial charge in [0.25, 0.3) is 0 Å². The number of benzene rings is 1. The molecule has 0 unspecified atom stereocenters. The van der Waals surface area contributed by atoms with E-state index in [9.17, 15) is 9.59 Å². The molecule has 0 fully saturated rings. The normalized spacial score (nSPS) is 15.3. The molecule has 0 aromatic heterocycles. The number of allylic oxidation sites excluding steroid dienone is 2. The van der Waals surface area contributed by atoms with Crippen LogP contribution in [0.3, 0.4) is 0 Å². The molecule has 2 rings (SSSR count). The van der Waals surface area contributed by atoms with Gasteiger partial charge in [-0.25, -0.2) is 0 Å². The lowest BCUT2D eigenvalue weighted by molar-refractivity contribution is 0.0972. The molecule has 1 aromatic rings. The molecular weight excluding hydrogens is 212 g/mol. The van der Waals surface area contributed by atoms with Crippen LogP contribution in [0.25, 0.3) is 0 Å². The number of carbonyl (C=O) groups is 2. The SMILES string of the molecule is CCC1=C(C)C(=O)c2cc(C)c(C)cc2C1=O. The van der Waals surface area contributed by atoms with Gasteiger partial charge in [-0.2, -0.15) is 0 Å². The van der Waals surface area contributed by atoms with Crippen LogP contribution in [0.15, 0.2) is 23.3 Å². The van der Waals surface area contributed by atoms with Crippen molar-refractivity contribution in [1.29, 1.82) is 0 Å². The van der Waals surface area contributed by atoms with Gasteiger partial charge < -0.3 is 0 Å². The molecule has 0 heterocycles. The van der Waals surface area contributed by atoms with E-state index in [0.717, 1.165) is 11.1 Å². The van der Waals surface area contributed by atoms with Crippen molar-refractivity contribution in [3.05, 3.63) is 45.5 Å². The van der Waals surface area contributed by atoms with Crippen LogP contribution in [0.1, 0.15) is 52.1 Å². The van der Waals surface area contributed by atoms with E-state index < -0.39 is 0 Å². The summed E-state index contributed by atoms with van der Waals surface area (Å²) in [6, 6.07) is 3.67. The zero-order chi connectivity index (χ0) is 12.7. The molecule has 2 heteroatoms. The molecule has 1 aromatic carbocycles. The van der Waals surface area contributed by atoms with Gasteiger partial charge in [0.05, 0.1) is 0 Å².